The summed E-state index contributed by atoms with van der Waals surface area (Å²) in [4.78, 5) is 26.0. The van der Waals surface area contributed by atoms with Gasteiger partial charge in [0, 0.05) is 30.1 Å². The summed E-state index contributed by atoms with van der Waals surface area (Å²) in [7, 11) is -2.00. The second kappa shape index (κ2) is 9.79. The number of para-hydroxylation sites is 2. The number of rotatable bonds is 8. The Morgan fingerprint density at radius 1 is 0.912 bits per heavy atom. The minimum Gasteiger partial charge on any atom is -0.331 e. The molecule has 0 aliphatic heterocycles. The molecule has 3 aromatic carbocycles. The zero-order valence-corrected chi connectivity index (χ0v) is 20.0. The first-order valence-corrected chi connectivity index (χ1v) is 12.6. The predicted molar refractivity (Wildman–Crippen MR) is 136 cm³/mol. The van der Waals surface area contributed by atoms with Crippen molar-refractivity contribution in [3.05, 3.63) is 83.0 Å². The van der Waals surface area contributed by atoms with Crippen molar-refractivity contribution in [2.24, 2.45) is 0 Å². The number of pyridine rings is 1. The van der Waals surface area contributed by atoms with Gasteiger partial charge in [0.05, 0.1) is 15.9 Å². The van der Waals surface area contributed by atoms with Crippen LogP contribution in [0.25, 0.3) is 21.8 Å². The van der Waals surface area contributed by atoms with E-state index in [4.69, 9.17) is 0 Å². The van der Waals surface area contributed by atoms with Gasteiger partial charge >= 0.3 is 0 Å². The molecule has 0 aliphatic rings. The van der Waals surface area contributed by atoms with Crippen LogP contribution >= 0.6 is 0 Å². The molecule has 4 aromatic rings. The van der Waals surface area contributed by atoms with E-state index in [9.17, 15) is 18.0 Å². The van der Waals surface area contributed by atoms with Crippen LogP contribution in [0.15, 0.2) is 82.5 Å². The number of hydrogen-bond acceptors (Lipinski definition) is 4. The molecule has 176 valence electrons. The maximum atomic E-state index is 12.9. The van der Waals surface area contributed by atoms with Crippen LogP contribution in [0.4, 0.5) is 5.69 Å². The van der Waals surface area contributed by atoms with Gasteiger partial charge in [0.2, 0.25) is 15.9 Å². The van der Waals surface area contributed by atoms with Crippen LogP contribution in [0.1, 0.15) is 19.8 Å². The van der Waals surface area contributed by atoms with E-state index in [-0.39, 0.29) is 22.8 Å². The van der Waals surface area contributed by atoms with E-state index in [0.29, 0.717) is 34.0 Å². The van der Waals surface area contributed by atoms with Gasteiger partial charge in [0.25, 0.3) is 0 Å². The maximum Gasteiger partial charge on any atom is 0.244 e. The Balaban J connectivity index is 1.58. The van der Waals surface area contributed by atoms with E-state index >= 15 is 0 Å². The summed E-state index contributed by atoms with van der Waals surface area (Å²) in [5, 5.41) is 3.93. The normalized spacial score (nSPS) is 11.9. The van der Waals surface area contributed by atoms with Crippen LogP contribution in [-0.4, -0.2) is 36.8 Å². The fourth-order valence-electron chi connectivity index (χ4n) is 3.98. The summed E-state index contributed by atoms with van der Waals surface area (Å²) in [6.07, 6.45) is 1.70. The molecule has 1 aromatic heterocycles. The van der Waals surface area contributed by atoms with Crippen molar-refractivity contribution in [1.29, 1.82) is 0 Å². The van der Waals surface area contributed by atoms with Gasteiger partial charge in [-0.2, -0.15) is 0 Å². The van der Waals surface area contributed by atoms with Gasteiger partial charge in [-0.15, -0.1) is 0 Å². The summed E-state index contributed by atoms with van der Waals surface area (Å²) in [5.74, 6) is -0.283. The number of nitrogens with zero attached hydrogens (tertiary/aromatic N) is 2. The molecule has 1 amide bonds. The average molecular weight is 478 g/mol. The lowest BCUT2D eigenvalue weighted by molar-refractivity contribution is -0.116. The van der Waals surface area contributed by atoms with Gasteiger partial charge in [0.1, 0.15) is 6.54 Å². The SMILES string of the molecule is CCCCN(C)S(=O)(=O)c1ccc(NC(=O)Cn2c3ccccc3c(=O)c3ccccc32)cc1. The number of anilines is 1. The molecular weight excluding hydrogens is 450 g/mol. The molecule has 0 radical (unpaired) electrons. The molecule has 0 spiro atoms. The molecule has 8 heteroatoms. The second-order valence-electron chi connectivity index (χ2n) is 8.20. The summed E-state index contributed by atoms with van der Waals surface area (Å²) >= 11 is 0. The summed E-state index contributed by atoms with van der Waals surface area (Å²) < 4.78 is 28.6. The Kier molecular flexibility index (Phi) is 6.81. The summed E-state index contributed by atoms with van der Waals surface area (Å²) in [6.45, 7) is 2.47. The average Bonchev–Trinajstić information content (AvgIpc) is 2.85. The third kappa shape index (κ3) is 4.60. The molecule has 0 saturated carbocycles. The molecule has 1 heterocycles. The van der Waals surface area contributed by atoms with Crippen LogP contribution in [0, 0.1) is 0 Å². The summed E-state index contributed by atoms with van der Waals surface area (Å²) in [5.41, 5.74) is 1.79. The quantitative estimate of drug-likeness (QED) is 0.385. The molecule has 0 aliphatic carbocycles. The largest absolute Gasteiger partial charge is 0.331 e. The number of unbranched alkanes of at least 4 members (excludes halogenated alkanes) is 1. The van der Waals surface area contributed by atoms with E-state index < -0.39 is 10.0 Å². The van der Waals surface area contributed by atoms with Crippen molar-refractivity contribution < 1.29 is 13.2 Å². The smallest absolute Gasteiger partial charge is 0.244 e. The number of sulfonamides is 1. The van der Waals surface area contributed by atoms with Crippen LogP contribution in [0.2, 0.25) is 0 Å². The van der Waals surface area contributed by atoms with Gasteiger partial charge in [-0.05, 0) is 55.0 Å². The highest BCUT2D eigenvalue weighted by Gasteiger charge is 2.20. The maximum absolute atomic E-state index is 12.9. The Morgan fingerprint density at radius 3 is 2.03 bits per heavy atom. The topological polar surface area (TPSA) is 88.5 Å². The summed E-state index contributed by atoms with van der Waals surface area (Å²) in [6, 6.07) is 20.6. The third-order valence-corrected chi connectivity index (χ3v) is 7.72. The zero-order valence-electron chi connectivity index (χ0n) is 19.2. The van der Waals surface area contributed by atoms with Gasteiger partial charge in [-0.25, -0.2) is 12.7 Å². The Labute approximate surface area is 198 Å². The Bertz CT molecular complexity index is 1450. The molecular formula is C26H27N3O4S. The third-order valence-electron chi connectivity index (χ3n) is 5.85. The Morgan fingerprint density at radius 2 is 1.47 bits per heavy atom. The first-order valence-electron chi connectivity index (χ1n) is 11.2. The monoisotopic (exact) mass is 477 g/mol. The van der Waals surface area contributed by atoms with Crippen molar-refractivity contribution in [2.45, 2.75) is 31.2 Å². The number of carbonyl (C=O) groups excluding carboxylic acids is 1. The molecule has 34 heavy (non-hydrogen) atoms. The van der Waals surface area contributed by atoms with E-state index in [1.807, 2.05) is 35.8 Å². The highest BCUT2D eigenvalue weighted by atomic mass is 32.2. The molecule has 7 nitrogen and oxygen atoms in total. The van der Waals surface area contributed by atoms with Crippen LogP contribution < -0.4 is 10.7 Å². The number of aromatic nitrogens is 1. The minimum absolute atomic E-state index is 0.00110. The van der Waals surface area contributed by atoms with E-state index in [2.05, 4.69) is 5.32 Å². The van der Waals surface area contributed by atoms with Gasteiger partial charge < -0.3 is 9.88 Å². The first-order chi connectivity index (χ1) is 16.3. The number of hydrogen-bond donors (Lipinski definition) is 1. The zero-order chi connectivity index (χ0) is 24.3. The van der Waals surface area contributed by atoms with Crippen LogP contribution in [0.5, 0.6) is 0 Å². The van der Waals surface area contributed by atoms with E-state index in [1.165, 1.54) is 16.4 Å². The number of benzene rings is 3. The lowest BCUT2D eigenvalue weighted by Crippen LogP contribution is -2.28. The van der Waals surface area contributed by atoms with Crippen LogP contribution in [0.3, 0.4) is 0 Å². The second-order valence-corrected chi connectivity index (χ2v) is 10.2. The molecule has 0 atom stereocenters. The Hall–Kier alpha value is -3.49. The predicted octanol–water partition coefficient (Wildman–Crippen LogP) is 4.21. The van der Waals surface area contributed by atoms with Crippen LogP contribution in [-0.2, 0) is 21.4 Å². The number of fused-ring (bicyclic) bond motifs is 2. The van der Waals surface area contributed by atoms with Crippen molar-refractivity contribution in [2.75, 3.05) is 18.9 Å². The van der Waals surface area contributed by atoms with Gasteiger partial charge in [-0.3, -0.25) is 9.59 Å². The molecule has 4 rings (SSSR count). The standard InChI is InChI=1S/C26H27N3O4S/c1-3-4-17-28(2)34(32,33)20-15-13-19(14-16-20)27-25(30)18-29-23-11-7-5-9-21(23)26(31)22-10-6-8-12-24(22)29/h5-16H,3-4,17-18H2,1-2H3,(H,27,30). The van der Waals surface area contributed by atoms with Crippen molar-refractivity contribution in [3.8, 4) is 0 Å². The fourth-order valence-corrected chi connectivity index (χ4v) is 5.19. The first kappa shape index (κ1) is 23.7. The molecule has 0 bridgehead atoms. The highest BCUT2D eigenvalue weighted by molar-refractivity contribution is 7.89. The van der Waals surface area contributed by atoms with E-state index in [1.54, 1.807) is 43.4 Å². The lowest BCUT2D eigenvalue weighted by Gasteiger charge is -2.17. The van der Waals surface area contributed by atoms with Gasteiger partial charge in [0.15, 0.2) is 5.43 Å². The number of amides is 1. The van der Waals surface area contributed by atoms with E-state index in [0.717, 1.165) is 12.8 Å². The van der Waals surface area contributed by atoms with Crippen molar-refractivity contribution >= 4 is 43.4 Å². The molecule has 1 N–H and O–H groups in total. The number of nitrogens with one attached hydrogen (secondary N) is 1. The number of carbonyl (C=O) groups is 1. The van der Waals surface area contributed by atoms with Crippen molar-refractivity contribution in [1.82, 2.24) is 8.87 Å². The minimum atomic E-state index is -3.57. The lowest BCUT2D eigenvalue weighted by atomic mass is 10.1. The van der Waals surface area contributed by atoms with Crippen molar-refractivity contribution in [3.63, 3.8) is 0 Å². The van der Waals surface area contributed by atoms with Gasteiger partial charge in [-0.1, -0.05) is 37.6 Å². The molecule has 0 saturated heterocycles. The molecule has 0 fully saturated rings. The highest BCUT2D eigenvalue weighted by Crippen LogP contribution is 2.21. The molecule has 0 unspecified atom stereocenters. The fraction of sp³-hybridized carbons (Fsp3) is 0.231.